The Morgan fingerprint density at radius 3 is 2.53 bits per heavy atom. The molecular weight excluding hydrogens is 370 g/mol. The predicted octanol–water partition coefficient (Wildman–Crippen LogP) is 5.32. The van der Waals surface area contributed by atoms with E-state index in [-0.39, 0.29) is 17.0 Å². The van der Waals surface area contributed by atoms with E-state index < -0.39 is 0 Å². The molecule has 3 rings (SSSR count). The molecule has 4 heteroatoms. The van der Waals surface area contributed by atoms with Crippen LogP contribution in [0, 0.1) is 11.3 Å². The molecule has 0 bridgehead atoms. The molecule has 0 radical (unpaired) electrons. The Morgan fingerprint density at radius 1 is 1.20 bits per heavy atom. The van der Waals surface area contributed by atoms with Gasteiger partial charge in [-0.25, -0.2) is 0 Å². The van der Waals surface area contributed by atoms with E-state index in [1.165, 1.54) is 11.3 Å². The lowest BCUT2D eigenvalue weighted by atomic mass is 9.87. The Balaban J connectivity index is 1.87. The van der Waals surface area contributed by atoms with Gasteiger partial charge in [-0.3, -0.25) is 4.79 Å². The highest BCUT2D eigenvalue weighted by atomic mass is 16.1. The summed E-state index contributed by atoms with van der Waals surface area (Å²) in [6, 6.07) is 18.2. The third-order valence-corrected chi connectivity index (χ3v) is 5.38. The molecule has 0 saturated heterocycles. The first-order valence-corrected chi connectivity index (χ1v) is 10.3. The van der Waals surface area contributed by atoms with Crippen molar-refractivity contribution in [2.75, 3.05) is 4.90 Å². The van der Waals surface area contributed by atoms with Crippen LogP contribution in [-0.4, -0.2) is 17.5 Å². The molecule has 0 aliphatic carbocycles. The topological polar surface area (TPSA) is 56.1 Å². The van der Waals surface area contributed by atoms with Gasteiger partial charge >= 0.3 is 0 Å². The van der Waals surface area contributed by atoms with Crippen LogP contribution in [0.15, 0.2) is 60.2 Å². The number of nitrogens with one attached hydrogen (secondary N) is 1. The lowest BCUT2D eigenvalue weighted by Gasteiger charge is -2.46. The minimum atomic E-state index is -0.365. The Hall–Kier alpha value is -3.32. The van der Waals surface area contributed by atoms with Crippen molar-refractivity contribution < 1.29 is 4.79 Å². The van der Waals surface area contributed by atoms with Crippen LogP contribution >= 0.6 is 0 Å². The largest absolute Gasteiger partial charge is 0.360 e. The van der Waals surface area contributed by atoms with Crippen LogP contribution in [0.4, 0.5) is 5.69 Å². The lowest BCUT2D eigenvalue weighted by molar-refractivity contribution is -0.117. The van der Waals surface area contributed by atoms with Gasteiger partial charge in [0.15, 0.2) is 0 Å². The third-order valence-electron chi connectivity index (χ3n) is 5.38. The van der Waals surface area contributed by atoms with Gasteiger partial charge in [0.1, 0.15) is 11.6 Å². The first-order valence-electron chi connectivity index (χ1n) is 10.3. The van der Waals surface area contributed by atoms with E-state index in [2.05, 4.69) is 63.0 Å². The molecule has 1 amide bonds. The summed E-state index contributed by atoms with van der Waals surface area (Å²) in [7, 11) is 0. The number of carbonyl (C=O) groups excluding carboxylic acids is 1. The number of nitrogens with zero attached hydrogens (tertiary/aromatic N) is 2. The summed E-state index contributed by atoms with van der Waals surface area (Å²) >= 11 is 0. The van der Waals surface area contributed by atoms with Crippen molar-refractivity contribution in [1.29, 1.82) is 5.26 Å². The lowest BCUT2D eigenvalue weighted by Crippen LogP contribution is -2.49. The minimum absolute atomic E-state index is 0.0717. The van der Waals surface area contributed by atoms with Gasteiger partial charge in [-0.2, -0.15) is 5.26 Å². The fourth-order valence-electron chi connectivity index (χ4n) is 4.29. The number of hydrogen-bond acceptors (Lipinski definition) is 3. The van der Waals surface area contributed by atoms with E-state index in [9.17, 15) is 10.1 Å². The van der Waals surface area contributed by atoms with Crippen LogP contribution in [0.3, 0.4) is 0 Å². The Morgan fingerprint density at radius 2 is 1.90 bits per heavy atom. The molecule has 1 aliphatic heterocycles. The van der Waals surface area contributed by atoms with E-state index in [0.717, 1.165) is 16.7 Å². The molecule has 0 unspecified atom stereocenters. The van der Waals surface area contributed by atoms with Crippen molar-refractivity contribution in [3.8, 4) is 6.07 Å². The molecule has 0 spiro atoms. The van der Waals surface area contributed by atoms with Crippen LogP contribution in [0.1, 0.15) is 51.3 Å². The van der Waals surface area contributed by atoms with Crippen LogP contribution in [0.2, 0.25) is 0 Å². The van der Waals surface area contributed by atoms with Crippen molar-refractivity contribution in [2.45, 2.75) is 52.7 Å². The van der Waals surface area contributed by atoms with Gasteiger partial charge in [0, 0.05) is 23.8 Å². The molecule has 0 aromatic heterocycles. The number of anilines is 1. The number of carbonyl (C=O) groups is 1. The van der Waals surface area contributed by atoms with Crippen molar-refractivity contribution in [3.05, 3.63) is 76.9 Å². The van der Waals surface area contributed by atoms with Crippen molar-refractivity contribution in [1.82, 2.24) is 5.32 Å². The third kappa shape index (κ3) is 4.46. The van der Waals surface area contributed by atoms with Gasteiger partial charge in [0.05, 0.1) is 5.54 Å². The van der Waals surface area contributed by atoms with Crippen LogP contribution in [-0.2, 0) is 11.3 Å². The van der Waals surface area contributed by atoms with Crippen molar-refractivity contribution in [3.63, 3.8) is 0 Å². The molecule has 1 aliphatic rings. The van der Waals surface area contributed by atoms with E-state index >= 15 is 0 Å². The zero-order chi connectivity index (χ0) is 21.9. The van der Waals surface area contributed by atoms with E-state index in [1.54, 1.807) is 6.08 Å². The average Bonchev–Trinajstić information content (AvgIpc) is 2.70. The van der Waals surface area contributed by atoms with E-state index in [1.807, 2.05) is 42.5 Å². The molecule has 30 heavy (non-hydrogen) atoms. The molecule has 2 aromatic carbocycles. The zero-order valence-electron chi connectivity index (χ0n) is 18.4. The number of hydrogen-bond donors (Lipinski definition) is 1. The van der Waals surface area contributed by atoms with Crippen molar-refractivity contribution >= 4 is 23.2 Å². The summed E-state index contributed by atoms with van der Waals surface area (Å²) in [6.45, 7) is 11.3. The molecular formula is C26H29N3O. The highest BCUT2D eigenvalue weighted by molar-refractivity contribution is 6.01. The second-order valence-electron chi connectivity index (χ2n) is 8.56. The minimum Gasteiger partial charge on any atom is -0.360 e. The molecule has 2 aromatic rings. The summed E-state index contributed by atoms with van der Waals surface area (Å²) in [6.07, 6.45) is 3.94. The summed E-state index contributed by atoms with van der Waals surface area (Å²) in [5.41, 5.74) is 5.39. The van der Waals surface area contributed by atoms with Gasteiger partial charge in [-0.05, 0) is 69.5 Å². The number of fused-ring (bicyclic) bond motifs is 1. The zero-order valence-corrected chi connectivity index (χ0v) is 18.4. The molecule has 1 heterocycles. The average molecular weight is 400 g/mol. The van der Waals surface area contributed by atoms with Crippen LogP contribution in [0.25, 0.3) is 11.6 Å². The highest BCUT2D eigenvalue weighted by Gasteiger charge is 2.32. The summed E-state index contributed by atoms with van der Waals surface area (Å²) in [4.78, 5) is 14.9. The summed E-state index contributed by atoms with van der Waals surface area (Å²) in [5, 5.41) is 12.4. The first kappa shape index (κ1) is 21.4. The van der Waals surface area contributed by atoms with Gasteiger partial charge in [-0.15, -0.1) is 0 Å². The molecule has 0 fully saturated rings. The molecule has 1 N–H and O–H groups in total. The van der Waals surface area contributed by atoms with E-state index in [0.29, 0.717) is 12.6 Å². The van der Waals surface area contributed by atoms with Crippen molar-refractivity contribution in [2.24, 2.45) is 0 Å². The smallest absolute Gasteiger partial charge is 0.262 e. The fraction of sp³-hybridized carbons (Fsp3) is 0.308. The molecule has 0 atom stereocenters. The molecule has 154 valence electrons. The quantitative estimate of drug-likeness (QED) is 0.547. The maximum Gasteiger partial charge on any atom is 0.262 e. The SMILES string of the molecule is CC1=CC(C)(C)N(C(C)C)c2ccc(/C=C(/C#N)C(=O)NCc3ccccc3)cc21. The molecule has 4 nitrogen and oxygen atoms in total. The Kier molecular flexibility index (Phi) is 6.12. The summed E-state index contributed by atoms with van der Waals surface area (Å²) < 4.78 is 0. The monoisotopic (exact) mass is 399 g/mol. The van der Waals surface area contributed by atoms with Crippen LogP contribution in [0.5, 0.6) is 0 Å². The summed E-state index contributed by atoms with van der Waals surface area (Å²) in [5.74, 6) is -0.365. The standard InChI is InChI=1S/C26H29N3O/c1-18(2)29-24-12-11-21(14-23(24)19(3)15-26(29,4)5)13-22(16-27)25(30)28-17-20-9-7-6-8-10-20/h6-15,18H,17H2,1-5H3,(H,28,30)/b22-13-. The number of rotatable bonds is 5. The second kappa shape index (κ2) is 8.59. The number of benzene rings is 2. The maximum atomic E-state index is 12.5. The number of nitriles is 1. The Labute approximate surface area is 179 Å². The highest BCUT2D eigenvalue weighted by Crippen LogP contribution is 2.40. The van der Waals surface area contributed by atoms with Gasteiger partial charge in [0.25, 0.3) is 5.91 Å². The molecule has 0 saturated carbocycles. The fourth-order valence-corrected chi connectivity index (χ4v) is 4.29. The number of amides is 1. The normalized spacial score (nSPS) is 15.3. The maximum absolute atomic E-state index is 12.5. The number of allylic oxidation sites excluding steroid dienone is 1. The van der Waals surface area contributed by atoms with Gasteiger partial charge < -0.3 is 10.2 Å². The Bertz CT molecular complexity index is 1040. The predicted molar refractivity (Wildman–Crippen MR) is 124 cm³/mol. The van der Waals surface area contributed by atoms with Crippen LogP contribution < -0.4 is 10.2 Å². The first-order chi connectivity index (χ1) is 14.2. The van der Waals surface area contributed by atoms with Gasteiger partial charge in [0.2, 0.25) is 0 Å². The van der Waals surface area contributed by atoms with E-state index in [4.69, 9.17) is 0 Å². The van der Waals surface area contributed by atoms with Gasteiger partial charge in [-0.1, -0.05) is 42.5 Å². The second-order valence-corrected chi connectivity index (χ2v) is 8.56.